The molecular formula is C6H12N2. The van der Waals surface area contributed by atoms with E-state index in [-0.39, 0.29) is 0 Å². The highest BCUT2D eigenvalue weighted by Crippen LogP contribution is 1.88. The van der Waals surface area contributed by atoms with Gasteiger partial charge in [-0.05, 0) is 26.8 Å². The van der Waals surface area contributed by atoms with Gasteiger partial charge in [-0.1, -0.05) is 5.57 Å². The van der Waals surface area contributed by atoms with Gasteiger partial charge in [-0.15, -0.1) is 0 Å². The lowest BCUT2D eigenvalue weighted by molar-refractivity contribution is 1.24. The monoisotopic (exact) mass is 112 g/mol. The van der Waals surface area contributed by atoms with Gasteiger partial charge in [-0.3, -0.25) is 0 Å². The van der Waals surface area contributed by atoms with Gasteiger partial charge in [0.25, 0.3) is 0 Å². The maximum absolute atomic E-state index is 4.96. The molecule has 2 heteroatoms. The molecular weight excluding hydrogens is 100 g/mol. The molecule has 0 aliphatic rings. The molecule has 0 aromatic rings. The fourth-order valence-corrected chi connectivity index (χ4v) is 0.455. The summed E-state index contributed by atoms with van der Waals surface area (Å²) in [5.74, 6) is 4.96. The van der Waals surface area contributed by atoms with E-state index in [2.05, 4.69) is 5.10 Å². The van der Waals surface area contributed by atoms with E-state index >= 15 is 0 Å². The van der Waals surface area contributed by atoms with Crippen LogP contribution in [0.2, 0.25) is 0 Å². The minimum absolute atomic E-state index is 0.866. The maximum Gasteiger partial charge on any atom is 0.0569 e. The minimum atomic E-state index is 0.866. The molecule has 0 aliphatic heterocycles. The topological polar surface area (TPSA) is 38.4 Å². The summed E-state index contributed by atoms with van der Waals surface area (Å²) in [7, 11) is 0. The fourth-order valence-electron chi connectivity index (χ4n) is 0.455. The third-order valence-electron chi connectivity index (χ3n) is 0.701. The van der Waals surface area contributed by atoms with Crippen molar-refractivity contribution in [3.8, 4) is 0 Å². The summed E-state index contributed by atoms with van der Waals surface area (Å²) in [4.78, 5) is 0. The average Bonchev–Trinajstić information content (AvgIpc) is 1.65. The van der Waals surface area contributed by atoms with Gasteiger partial charge in [0.2, 0.25) is 0 Å². The largest absolute Gasteiger partial charge is 0.323 e. The molecule has 8 heavy (non-hydrogen) atoms. The van der Waals surface area contributed by atoms with Gasteiger partial charge >= 0.3 is 0 Å². The van der Waals surface area contributed by atoms with E-state index in [0.717, 1.165) is 5.71 Å². The van der Waals surface area contributed by atoms with Crippen LogP contribution in [0.4, 0.5) is 0 Å². The Balaban J connectivity index is 3.89. The van der Waals surface area contributed by atoms with Crippen LogP contribution in [-0.4, -0.2) is 5.71 Å². The Bertz CT molecular complexity index is 118. The molecule has 2 N–H and O–H groups in total. The molecule has 0 saturated heterocycles. The van der Waals surface area contributed by atoms with Crippen molar-refractivity contribution >= 4 is 5.71 Å². The highest BCUT2D eigenvalue weighted by molar-refractivity contribution is 5.92. The Morgan fingerprint density at radius 3 is 2.00 bits per heavy atom. The first-order valence-electron chi connectivity index (χ1n) is 2.56. The summed E-state index contributed by atoms with van der Waals surface area (Å²) in [6.45, 7) is 5.89. The molecule has 0 unspecified atom stereocenters. The molecule has 0 aromatic heterocycles. The van der Waals surface area contributed by atoms with Gasteiger partial charge < -0.3 is 5.84 Å². The summed E-state index contributed by atoms with van der Waals surface area (Å²) in [5, 5.41) is 3.47. The molecule has 0 amide bonds. The lowest BCUT2D eigenvalue weighted by Gasteiger charge is -1.87. The average molecular weight is 112 g/mol. The van der Waals surface area contributed by atoms with Crippen LogP contribution in [0.3, 0.4) is 0 Å². The highest BCUT2D eigenvalue weighted by atomic mass is 15.1. The zero-order chi connectivity index (χ0) is 6.57. The molecule has 2 nitrogen and oxygen atoms in total. The van der Waals surface area contributed by atoms with E-state index in [4.69, 9.17) is 5.84 Å². The first-order valence-corrected chi connectivity index (χ1v) is 2.56. The Morgan fingerprint density at radius 2 is 1.88 bits per heavy atom. The first kappa shape index (κ1) is 7.21. The van der Waals surface area contributed by atoms with Crippen molar-refractivity contribution in [2.45, 2.75) is 20.8 Å². The molecule has 0 rings (SSSR count). The van der Waals surface area contributed by atoms with E-state index in [1.54, 1.807) is 0 Å². The van der Waals surface area contributed by atoms with Gasteiger partial charge in [-0.2, -0.15) is 5.10 Å². The van der Waals surface area contributed by atoms with Crippen LogP contribution in [0.15, 0.2) is 16.8 Å². The predicted molar refractivity (Wildman–Crippen MR) is 36.7 cm³/mol. The zero-order valence-corrected chi connectivity index (χ0v) is 5.60. The number of nitrogens with zero attached hydrogens (tertiary/aromatic N) is 1. The molecule has 0 heterocycles. The molecule has 0 fully saturated rings. The van der Waals surface area contributed by atoms with Crippen LogP contribution in [0.5, 0.6) is 0 Å². The van der Waals surface area contributed by atoms with Gasteiger partial charge in [0.1, 0.15) is 0 Å². The quantitative estimate of drug-likeness (QED) is 0.310. The van der Waals surface area contributed by atoms with E-state index in [1.807, 2.05) is 26.8 Å². The van der Waals surface area contributed by atoms with Gasteiger partial charge in [-0.25, -0.2) is 0 Å². The van der Waals surface area contributed by atoms with Crippen molar-refractivity contribution < 1.29 is 0 Å². The first-order chi connectivity index (χ1) is 3.66. The zero-order valence-electron chi connectivity index (χ0n) is 5.60. The minimum Gasteiger partial charge on any atom is -0.323 e. The Morgan fingerprint density at radius 1 is 1.38 bits per heavy atom. The second kappa shape index (κ2) is 3.24. The Hall–Kier alpha value is -0.790. The molecule has 0 bridgehead atoms. The van der Waals surface area contributed by atoms with Crippen LogP contribution < -0.4 is 5.84 Å². The van der Waals surface area contributed by atoms with Crippen molar-refractivity contribution in [2.75, 3.05) is 0 Å². The van der Waals surface area contributed by atoms with Crippen LogP contribution >= 0.6 is 0 Å². The molecule has 0 aliphatic carbocycles. The molecule has 0 aromatic carbocycles. The van der Waals surface area contributed by atoms with Crippen LogP contribution in [-0.2, 0) is 0 Å². The van der Waals surface area contributed by atoms with Crippen LogP contribution in [0.1, 0.15) is 20.8 Å². The summed E-state index contributed by atoms with van der Waals surface area (Å²) in [6, 6.07) is 0. The molecule has 46 valence electrons. The fraction of sp³-hybridized carbons (Fsp3) is 0.500. The number of rotatable bonds is 1. The third kappa shape index (κ3) is 3.40. The summed E-state index contributed by atoms with van der Waals surface area (Å²) < 4.78 is 0. The van der Waals surface area contributed by atoms with E-state index in [0.29, 0.717) is 0 Å². The smallest absolute Gasteiger partial charge is 0.0569 e. The SMILES string of the molecule is CC(C)=C/C(C)=N\N. The summed E-state index contributed by atoms with van der Waals surface area (Å²) >= 11 is 0. The molecule has 0 radical (unpaired) electrons. The van der Waals surface area contributed by atoms with Crippen molar-refractivity contribution in [2.24, 2.45) is 10.9 Å². The maximum atomic E-state index is 4.96. The van der Waals surface area contributed by atoms with Crippen LogP contribution in [0, 0.1) is 0 Å². The highest BCUT2D eigenvalue weighted by Gasteiger charge is 1.79. The summed E-state index contributed by atoms with van der Waals surface area (Å²) in [5.41, 5.74) is 2.08. The van der Waals surface area contributed by atoms with E-state index in [9.17, 15) is 0 Å². The van der Waals surface area contributed by atoms with Gasteiger partial charge in [0.05, 0.1) is 5.71 Å². The van der Waals surface area contributed by atoms with E-state index < -0.39 is 0 Å². The van der Waals surface area contributed by atoms with Crippen molar-refractivity contribution in [1.82, 2.24) is 0 Å². The number of nitrogens with two attached hydrogens (primary N) is 1. The lowest BCUT2D eigenvalue weighted by atomic mass is 10.3. The van der Waals surface area contributed by atoms with Crippen molar-refractivity contribution in [1.29, 1.82) is 0 Å². The lowest BCUT2D eigenvalue weighted by Crippen LogP contribution is -1.91. The van der Waals surface area contributed by atoms with Crippen LogP contribution in [0.25, 0.3) is 0 Å². The van der Waals surface area contributed by atoms with E-state index in [1.165, 1.54) is 5.57 Å². The summed E-state index contributed by atoms with van der Waals surface area (Å²) in [6.07, 6.45) is 1.93. The second-order valence-electron chi connectivity index (χ2n) is 1.99. The van der Waals surface area contributed by atoms with Crippen molar-refractivity contribution in [3.63, 3.8) is 0 Å². The molecule has 0 saturated carbocycles. The van der Waals surface area contributed by atoms with Gasteiger partial charge in [0, 0.05) is 0 Å². The Labute approximate surface area is 50.1 Å². The number of hydrogen-bond acceptors (Lipinski definition) is 2. The number of hydrazone groups is 1. The second-order valence-corrected chi connectivity index (χ2v) is 1.99. The van der Waals surface area contributed by atoms with Gasteiger partial charge in [0.15, 0.2) is 0 Å². The third-order valence-corrected chi connectivity index (χ3v) is 0.701. The Kier molecular flexibility index (Phi) is 2.92. The molecule has 0 atom stereocenters. The number of allylic oxidation sites excluding steroid dienone is 2. The standard InChI is InChI=1S/C6H12N2/c1-5(2)4-6(3)8-7/h4H,7H2,1-3H3/b8-6-. The normalized spacial score (nSPS) is 11.1. The number of hydrogen-bond donors (Lipinski definition) is 1. The van der Waals surface area contributed by atoms with Crippen molar-refractivity contribution in [3.05, 3.63) is 11.6 Å². The molecule has 0 spiro atoms. The predicted octanol–water partition coefficient (Wildman–Crippen LogP) is 1.29.